The van der Waals surface area contributed by atoms with Gasteiger partial charge < -0.3 is 10.6 Å². The van der Waals surface area contributed by atoms with Crippen LogP contribution in [0.5, 0.6) is 0 Å². The number of nitrogens with zero attached hydrogens (tertiary/aromatic N) is 1. The summed E-state index contributed by atoms with van der Waals surface area (Å²) in [4.78, 5) is 4.29. The maximum atomic E-state index is 5.91. The van der Waals surface area contributed by atoms with Crippen LogP contribution >= 0.6 is 23.6 Å². The van der Waals surface area contributed by atoms with E-state index >= 15 is 0 Å². The maximum absolute atomic E-state index is 5.91. The molecule has 4 heteroatoms. The van der Waals surface area contributed by atoms with Crippen LogP contribution in [0.4, 0.5) is 0 Å². The summed E-state index contributed by atoms with van der Waals surface area (Å²) in [5.74, 6) is 0.125. The average Bonchev–Trinajstić information content (AvgIpc) is 2.96. The van der Waals surface area contributed by atoms with E-state index in [9.17, 15) is 0 Å². The highest BCUT2D eigenvalue weighted by Crippen LogP contribution is 2.17. The Bertz CT molecular complexity index is 523. The first-order valence-corrected chi connectivity index (χ1v) is 8.01. The Balaban J connectivity index is 1.93. The molecule has 0 aliphatic rings. The zero-order valence-corrected chi connectivity index (χ0v) is 13.3. The van der Waals surface area contributed by atoms with Crippen molar-refractivity contribution in [3.05, 3.63) is 58.3 Å². The molecule has 1 atom stereocenters. The monoisotopic (exact) mass is 304 g/mol. The van der Waals surface area contributed by atoms with Crippen molar-refractivity contribution < 1.29 is 0 Å². The lowest BCUT2D eigenvalue weighted by atomic mass is 9.98. The van der Waals surface area contributed by atoms with E-state index in [2.05, 4.69) is 41.6 Å². The molecule has 20 heavy (non-hydrogen) atoms. The van der Waals surface area contributed by atoms with Gasteiger partial charge in [0.2, 0.25) is 0 Å². The quantitative estimate of drug-likeness (QED) is 0.796. The average molecular weight is 304 g/mol. The van der Waals surface area contributed by atoms with Gasteiger partial charge >= 0.3 is 0 Å². The summed E-state index contributed by atoms with van der Waals surface area (Å²) in [7, 11) is 2.13. The summed E-state index contributed by atoms with van der Waals surface area (Å²) in [6.07, 6.45) is 1.08. The van der Waals surface area contributed by atoms with E-state index in [1.54, 1.807) is 0 Å². The van der Waals surface area contributed by atoms with Crippen LogP contribution in [0.15, 0.2) is 47.8 Å². The second-order valence-corrected chi connectivity index (χ2v) is 6.46. The van der Waals surface area contributed by atoms with E-state index in [1.165, 1.54) is 10.4 Å². The van der Waals surface area contributed by atoms with E-state index in [0.29, 0.717) is 4.99 Å². The predicted octanol–water partition coefficient (Wildman–Crippen LogP) is 3.29. The number of benzene rings is 1. The van der Waals surface area contributed by atoms with Crippen molar-refractivity contribution in [2.45, 2.75) is 12.3 Å². The molecule has 2 rings (SSSR count). The first-order valence-electron chi connectivity index (χ1n) is 6.72. The Kier molecular flexibility index (Phi) is 5.71. The SMILES string of the molecule is CN(CCc1cccs1)CC(C(N)=S)c1ccccc1. The van der Waals surface area contributed by atoms with Crippen LogP contribution in [0, 0.1) is 0 Å². The molecule has 0 aliphatic heterocycles. The minimum Gasteiger partial charge on any atom is -0.393 e. The number of thiocarbonyl (C=S) groups is 1. The van der Waals surface area contributed by atoms with Crippen molar-refractivity contribution in [3.8, 4) is 0 Å². The normalized spacial score (nSPS) is 12.5. The molecule has 0 saturated heterocycles. The van der Waals surface area contributed by atoms with Crippen molar-refractivity contribution in [2.75, 3.05) is 20.1 Å². The van der Waals surface area contributed by atoms with Crippen molar-refractivity contribution in [3.63, 3.8) is 0 Å². The molecule has 0 bridgehead atoms. The molecule has 2 nitrogen and oxygen atoms in total. The standard InChI is InChI=1S/C16H20N2S2/c1-18(10-9-14-8-5-11-20-14)12-15(16(17)19)13-6-3-2-4-7-13/h2-8,11,15H,9-10,12H2,1H3,(H2,17,19). The first-order chi connectivity index (χ1) is 9.66. The molecule has 2 aromatic rings. The second-order valence-electron chi connectivity index (χ2n) is 4.96. The number of hydrogen-bond acceptors (Lipinski definition) is 3. The molecule has 0 radical (unpaired) electrons. The lowest BCUT2D eigenvalue weighted by Gasteiger charge is -2.23. The van der Waals surface area contributed by atoms with Crippen molar-refractivity contribution in [2.24, 2.45) is 5.73 Å². The van der Waals surface area contributed by atoms with Gasteiger partial charge in [0.25, 0.3) is 0 Å². The molecule has 0 fully saturated rings. The van der Waals surface area contributed by atoms with Gasteiger partial charge in [0.1, 0.15) is 0 Å². The molecule has 1 heterocycles. The third kappa shape index (κ3) is 4.40. The first kappa shape index (κ1) is 15.2. The van der Waals surface area contributed by atoms with Crippen LogP contribution in [0.1, 0.15) is 16.4 Å². The van der Waals surface area contributed by atoms with E-state index in [0.717, 1.165) is 19.5 Å². The van der Waals surface area contributed by atoms with Crippen LogP contribution < -0.4 is 5.73 Å². The highest BCUT2D eigenvalue weighted by atomic mass is 32.1. The van der Waals surface area contributed by atoms with Gasteiger partial charge in [-0.05, 0) is 30.5 Å². The van der Waals surface area contributed by atoms with E-state index in [4.69, 9.17) is 18.0 Å². The van der Waals surface area contributed by atoms with Gasteiger partial charge in [-0.1, -0.05) is 48.6 Å². The van der Waals surface area contributed by atoms with Gasteiger partial charge in [0, 0.05) is 23.9 Å². The van der Waals surface area contributed by atoms with Crippen molar-refractivity contribution in [1.82, 2.24) is 4.90 Å². The topological polar surface area (TPSA) is 29.3 Å². The molecule has 2 N–H and O–H groups in total. The molecular formula is C16H20N2S2. The number of hydrogen-bond donors (Lipinski definition) is 1. The van der Waals surface area contributed by atoms with E-state index < -0.39 is 0 Å². The van der Waals surface area contributed by atoms with E-state index in [-0.39, 0.29) is 5.92 Å². The zero-order valence-electron chi connectivity index (χ0n) is 11.7. The van der Waals surface area contributed by atoms with Crippen LogP contribution in [0.3, 0.4) is 0 Å². The maximum Gasteiger partial charge on any atom is 0.0816 e. The lowest BCUT2D eigenvalue weighted by molar-refractivity contribution is 0.336. The fraction of sp³-hybridized carbons (Fsp3) is 0.312. The van der Waals surface area contributed by atoms with E-state index in [1.807, 2.05) is 29.5 Å². The molecule has 0 amide bonds. The number of likely N-dealkylation sites (N-methyl/N-ethyl adjacent to an activating group) is 1. The van der Waals surface area contributed by atoms with Gasteiger partial charge in [-0.25, -0.2) is 0 Å². The Morgan fingerprint density at radius 3 is 2.60 bits per heavy atom. The minimum atomic E-state index is 0.125. The number of thiophene rings is 1. The molecule has 0 spiro atoms. The third-order valence-corrected chi connectivity index (χ3v) is 4.58. The fourth-order valence-electron chi connectivity index (χ4n) is 2.20. The highest BCUT2D eigenvalue weighted by Gasteiger charge is 2.16. The predicted molar refractivity (Wildman–Crippen MR) is 91.5 cm³/mol. The zero-order chi connectivity index (χ0) is 14.4. The third-order valence-electron chi connectivity index (χ3n) is 3.36. The fourth-order valence-corrected chi connectivity index (χ4v) is 3.11. The van der Waals surface area contributed by atoms with Gasteiger partial charge in [0.15, 0.2) is 0 Å². The molecule has 0 saturated carbocycles. The number of rotatable bonds is 7. The molecule has 1 aromatic heterocycles. The lowest BCUT2D eigenvalue weighted by Crippen LogP contribution is -2.32. The second kappa shape index (κ2) is 7.53. The van der Waals surface area contributed by atoms with Gasteiger partial charge in [-0.2, -0.15) is 0 Å². The molecule has 1 aromatic carbocycles. The van der Waals surface area contributed by atoms with Crippen molar-refractivity contribution >= 4 is 28.5 Å². The molecular weight excluding hydrogens is 284 g/mol. The minimum absolute atomic E-state index is 0.125. The summed E-state index contributed by atoms with van der Waals surface area (Å²) >= 11 is 7.04. The number of nitrogens with two attached hydrogens (primary N) is 1. The summed E-state index contributed by atoms with van der Waals surface area (Å²) < 4.78 is 0. The largest absolute Gasteiger partial charge is 0.393 e. The molecule has 106 valence electrons. The van der Waals surface area contributed by atoms with Gasteiger partial charge in [-0.15, -0.1) is 11.3 Å². The highest BCUT2D eigenvalue weighted by molar-refractivity contribution is 7.80. The van der Waals surface area contributed by atoms with Gasteiger partial charge in [-0.3, -0.25) is 0 Å². The van der Waals surface area contributed by atoms with Crippen LogP contribution in [0.25, 0.3) is 0 Å². The van der Waals surface area contributed by atoms with Gasteiger partial charge in [0.05, 0.1) is 4.99 Å². The Hall–Kier alpha value is -1.23. The van der Waals surface area contributed by atoms with Crippen molar-refractivity contribution in [1.29, 1.82) is 0 Å². The summed E-state index contributed by atoms with van der Waals surface area (Å²) in [6, 6.07) is 14.6. The Labute approximate surface area is 130 Å². The summed E-state index contributed by atoms with van der Waals surface area (Å²) in [5, 5.41) is 2.12. The molecule has 0 aliphatic carbocycles. The van der Waals surface area contributed by atoms with Crippen LogP contribution in [0.2, 0.25) is 0 Å². The molecule has 1 unspecified atom stereocenters. The Morgan fingerprint density at radius 2 is 2.00 bits per heavy atom. The smallest absolute Gasteiger partial charge is 0.0816 e. The Morgan fingerprint density at radius 1 is 1.25 bits per heavy atom. The summed E-state index contributed by atoms with van der Waals surface area (Å²) in [6.45, 7) is 1.89. The van der Waals surface area contributed by atoms with Crippen LogP contribution in [-0.2, 0) is 6.42 Å². The summed E-state index contributed by atoms with van der Waals surface area (Å²) in [5.41, 5.74) is 7.11. The van der Waals surface area contributed by atoms with Crippen LogP contribution in [-0.4, -0.2) is 30.0 Å².